The smallest absolute Gasteiger partial charge is 0.0599 e. The fraction of sp³-hybridized carbons (Fsp3) is 1.00. The molecule has 112 valence electrons. The van der Waals surface area contributed by atoms with Crippen molar-refractivity contribution in [3.05, 3.63) is 0 Å². The zero-order chi connectivity index (χ0) is 13.9. The van der Waals surface area contributed by atoms with Crippen LogP contribution in [0.1, 0.15) is 52.9 Å². The lowest BCUT2D eigenvalue weighted by atomic mass is 9.70. The van der Waals surface area contributed by atoms with Crippen LogP contribution in [0.15, 0.2) is 0 Å². The highest BCUT2D eigenvalue weighted by molar-refractivity contribution is 4.89. The zero-order valence-electron chi connectivity index (χ0n) is 13.0. The summed E-state index contributed by atoms with van der Waals surface area (Å²) in [5, 5.41) is 0. The Hall–Kier alpha value is -0.120. The first kappa shape index (κ1) is 15.3. The topological polar surface area (TPSA) is 38.5 Å². The van der Waals surface area contributed by atoms with E-state index in [-0.39, 0.29) is 0 Å². The van der Waals surface area contributed by atoms with Crippen molar-refractivity contribution >= 4 is 0 Å². The molecule has 0 amide bonds. The summed E-state index contributed by atoms with van der Waals surface area (Å²) in [4.78, 5) is 2.61. The Morgan fingerprint density at radius 2 is 1.89 bits per heavy atom. The molecule has 2 unspecified atom stereocenters. The quantitative estimate of drug-likeness (QED) is 0.852. The summed E-state index contributed by atoms with van der Waals surface area (Å²) in [6.07, 6.45) is 6.67. The third-order valence-electron chi connectivity index (χ3n) is 5.00. The van der Waals surface area contributed by atoms with Crippen LogP contribution < -0.4 is 5.73 Å². The Kier molecular flexibility index (Phi) is 5.27. The SMILES string of the molecule is CCOC1CCN(CC2CC(C)(C)CCC2N)CC1. The highest BCUT2D eigenvalue weighted by atomic mass is 16.5. The van der Waals surface area contributed by atoms with E-state index in [4.69, 9.17) is 10.5 Å². The van der Waals surface area contributed by atoms with Crippen LogP contribution in [-0.2, 0) is 4.74 Å². The number of nitrogens with zero attached hydrogens (tertiary/aromatic N) is 1. The van der Waals surface area contributed by atoms with Crippen LogP contribution in [0.5, 0.6) is 0 Å². The molecule has 2 N–H and O–H groups in total. The van der Waals surface area contributed by atoms with Crippen molar-refractivity contribution in [1.29, 1.82) is 0 Å². The molecule has 3 nitrogen and oxygen atoms in total. The molecule has 2 fully saturated rings. The lowest BCUT2D eigenvalue weighted by Crippen LogP contribution is -2.47. The molecular weight excluding hydrogens is 236 g/mol. The Balaban J connectivity index is 1.78. The lowest BCUT2D eigenvalue weighted by molar-refractivity contribution is 0.00572. The average Bonchev–Trinajstić information content (AvgIpc) is 2.36. The molecule has 2 atom stereocenters. The molecule has 3 heteroatoms. The molecule has 1 saturated heterocycles. The molecule has 0 spiro atoms. The Labute approximate surface area is 118 Å². The molecule has 1 aliphatic heterocycles. The second-order valence-electron chi connectivity index (χ2n) is 7.29. The van der Waals surface area contributed by atoms with E-state index in [0.717, 1.165) is 6.61 Å². The highest BCUT2D eigenvalue weighted by Crippen LogP contribution is 2.38. The second-order valence-corrected chi connectivity index (χ2v) is 7.29. The number of rotatable bonds is 4. The fourth-order valence-corrected chi connectivity index (χ4v) is 3.78. The molecule has 0 aromatic rings. The molecule has 0 bridgehead atoms. The van der Waals surface area contributed by atoms with Gasteiger partial charge in [-0.3, -0.25) is 0 Å². The van der Waals surface area contributed by atoms with Crippen molar-refractivity contribution in [3.8, 4) is 0 Å². The third kappa shape index (κ3) is 4.44. The van der Waals surface area contributed by atoms with Gasteiger partial charge in [-0.05, 0) is 50.4 Å². The molecule has 0 aromatic heterocycles. The van der Waals surface area contributed by atoms with Gasteiger partial charge in [-0.25, -0.2) is 0 Å². The maximum atomic E-state index is 6.34. The summed E-state index contributed by atoms with van der Waals surface area (Å²) in [7, 11) is 0. The van der Waals surface area contributed by atoms with Gasteiger partial charge in [-0.15, -0.1) is 0 Å². The Bertz CT molecular complexity index is 272. The first-order valence-electron chi connectivity index (χ1n) is 8.10. The predicted octanol–water partition coefficient (Wildman–Crippen LogP) is 2.64. The molecular formula is C16H32N2O. The van der Waals surface area contributed by atoms with E-state index in [9.17, 15) is 0 Å². The molecule has 1 heterocycles. The Morgan fingerprint density at radius 1 is 1.21 bits per heavy atom. The number of hydrogen-bond donors (Lipinski definition) is 1. The van der Waals surface area contributed by atoms with Gasteiger partial charge in [0.25, 0.3) is 0 Å². The van der Waals surface area contributed by atoms with E-state index < -0.39 is 0 Å². The number of ether oxygens (including phenoxy) is 1. The number of hydrogen-bond acceptors (Lipinski definition) is 3. The van der Waals surface area contributed by atoms with Crippen LogP contribution in [0.2, 0.25) is 0 Å². The van der Waals surface area contributed by atoms with E-state index in [1.807, 2.05) is 0 Å². The molecule has 2 aliphatic rings. The molecule has 0 aromatic carbocycles. The van der Waals surface area contributed by atoms with E-state index >= 15 is 0 Å². The largest absolute Gasteiger partial charge is 0.378 e. The maximum absolute atomic E-state index is 6.34. The number of nitrogens with two attached hydrogens (primary N) is 1. The standard InChI is InChI=1S/C16H32N2O/c1-4-19-14-6-9-18(10-7-14)12-13-11-16(2,3)8-5-15(13)17/h13-15H,4-12,17H2,1-3H3. The minimum absolute atomic E-state index is 0.414. The zero-order valence-corrected chi connectivity index (χ0v) is 13.0. The molecule has 1 aliphatic carbocycles. The monoisotopic (exact) mass is 268 g/mol. The van der Waals surface area contributed by atoms with Crippen LogP contribution >= 0.6 is 0 Å². The summed E-state index contributed by atoms with van der Waals surface area (Å²) in [5.74, 6) is 0.687. The van der Waals surface area contributed by atoms with Crippen LogP contribution in [0.3, 0.4) is 0 Å². The van der Waals surface area contributed by atoms with Gasteiger partial charge in [0.2, 0.25) is 0 Å². The van der Waals surface area contributed by atoms with Crippen molar-refractivity contribution in [2.24, 2.45) is 17.1 Å². The van der Waals surface area contributed by atoms with Gasteiger partial charge in [-0.1, -0.05) is 13.8 Å². The van der Waals surface area contributed by atoms with Crippen LogP contribution in [0.25, 0.3) is 0 Å². The lowest BCUT2D eigenvalue weighted by Gasteiger charge is -2.42. The van der Waals surface area contributed by atoms with Gasteiger partial charge < -0.3 is 15.4 Å². The summed E-state index contributed by atoms with van der Waals surface area (Å²) in [5.41, 5.74) is 6.83. The summed E-state index contributed by atoms with van der Waals surface area (Å²) >= 11 is 0. The van der Waals surface area contributed by atoms with Crippen LogP contribution in [-0.4, -0.2) is 43.3 Å². The van der Waals surface area contributed by atoms with Crippen molar-refractivity contribution < 1.29 is 4.74 Å². The normalized spacial score (nSPS) is 33.5. The maximum Gasteiger partial charge on any atom is 0.0599 e. The Morgan fingerprint density at radius 3 is 2.53 bits per heavy atom. The van der Waals surface area contributed by atoms with Gasteiger partial charge in [0, 0.05) is 32.3 Å². The van der Waals surface area contributed by atoms with E-state index in [1.165, 1.54) is 51.7 Å². The van der Waals surface area contributed by atoms with Gasteiger partial charge in [-0.2, -0.15) is 0 Å². The molecule has 19 heavy (non-hydrogen) atoms. The first-order chi connectivity index (χ1) is 9.00. The van der Waals surface area contributed by atoms with Crippen molar-refractivity contribution in [2.75, 3.05) is 26.2 Å². The molecule has 1 saturated carbocycles. The van der Waals surface area contributed by atoms with E-state index in [0.29, 0.717) is 23.5 Å². The van der Waals surface area contributed by atoms with Crippen molar-refractivity contribution in [1.82, 2.24) is 4.90 Å². The van der Waals surface area contributed by atoms with Gasteiger partial charge in [0.1, 0.15) is 0 Å². The average molecular weight is 268 g/mol. The van der Waals surface area contributed by atoms with Gasteiger partial charge in [0.05, 0.1) is 6.10 Å². The number of likely N-dealkylation sites (tertiary alicyclic amines) is 1. The van der Waals surface area contributed by atoms with E-state index in [1.54, 1.807) is 0 Å². The van der Waals surface area contributed by atoms with Crippen molar-refractivity contribution in [3.63, 3.8) is 0 Å². The first-order valence-corrected chi connectivity index (χ1v) is 8.10. The van der Waals surface area contributed by atoms with Gasteiger partial charge in [0.15, 0.2) is 0 Å². The minimum Gasteiger partial charge on any atom is -0.378 e. The molecule has 2 rings (SSSR count). The fourth-order valence-electron chi connectivity index (χ4n) is 3.78. The highest BCUT2D eigenvalue weighted by Gasteiger charge is 2.34. The summed E-state index contributed by atoms with van der Waals surface area (Å²) < 4.78 is 5.72. The van der Waals surface area contributed by atoms with Crippen LogP contribution in [0.4, 0.5) is 0 Å². The summed E-state index contributed by atoms with van der Waals surface area (Å²) in [6, 6.07) is 0.414. The van der Waals surface area contributed by atoms with Gasteiger partial charge >= 0.3 is 0 Å². The number of piperidine rings is 1. The predicted molar refractivity (Wildman–Crippen MR) is 80.2 cm³/mol. The summed E-state index contributed by atoms with van der Waals surface area (Å²) in [6.45, 7) is 11.3. The third-order valence-corrected chi connectivity index (χ3v) is 5.00. The molecule has 0 radical (unpaired) electrons. The van der Waals surface area contributed by atoms with E-state index in [2.05, 4.69) is 25.7 Å². The second kappa shape index (κ2) is 6.55. The van der Waals surface area contributed by atoms with Crippen LogP contribution in [0, 0.1) is 11.3 Å². The van der Waals surface area contributed by atoms with Crippen molar-refractivity contribution in [2.45, 2.75) is 65.0 Å². The minimum atomic E-state index is 0.414.